The van der Waals surface area contributed by atoms with Crippen molar-refractivity contribution in [1.82, 2.24) is 4.98 Å². The predicted octanol–water partition coefficient (Wildman–Crippen LogP) is 3.17. The minimum Gasteiger partial charge on any atom is -0.497 e. The fraction of sp³-hybridized carbons (Fsp3) is 0.133. The number of aromatic nitrogens is 1. The molecule has 0 radical (unpaired) electrons. The second-order valence-electron chi connectivity index (χ2n) is 4.40. The quantitative estimate of drug-likeness (QED) is 0.716. The van der Waals surface area contributed by atoms with Crippen LogP contribution < -0.4 is 20.5 Å². The Morgan fingerprint density at radius 1 is 1.14 bits per heavy atom. The largest absolute Gasteiger partial charge is 0.497 e. The van der Waals surface area contributed by atoms with Crippen molar-refractivity contribution in [2.24, 2.45) is 0 Å². The molecular formula is C15H15N3O3. The Hall–Kier alpha value is -2.89. The van der Waals surface area contributed by atoms with Crippen molar-refractivity contribution < 1.29 is 13.9 Å². The number of nitrogens with two attached hydrogens (primary N) is 1. The molecule has 3 aromatic rings. The van der Waals surface area contributed by atoms with Crippen LogP contribution in [0, 0.1) is 0 Å². The lowest BCUT2D eigenvalue weighted by molar-refractivity contribution is 0.395. The van der Waals surface area contributed by atoms with Gasteiger partial charge in [-0.25, -0.2) is 0 Å². The van der Waals surface area contributed by atoms with Gasteiger partial charge in [0.25, 0.3) is 6.01 Å². The minimum absolute atomic E-state index is 0.353. The Morgan fingerprint density at radius 3 is 2.71 bits per heavy atom. The molecule has 0 unspecified atom stereocenters. The van der Waals surface area contributed by atoms with Gasteiger partial charge in [0, 0.05) is 6.07 Å². The van der Waals surface area contributed by atoms with Gasteiger partial charge in [0.2, 0.25) is 0 Å². The molecule has 108 valence electrons. The second kappa shape index (κ2) is 5.24. The van der Waals surface area contributed by atoms with Gasteiger partial charge in [0.1, 0.15) is 17.0 Å². The molecule has 3 rings (SSSR count). The first-order valence-electron chi connectivity index (χ1n) is 6.35. The molecule has 0 aliphatic rings. The van der Waals surface area contributed by atoms with Gasteiger partial charge in [0.15, 0.2) is 5.58 Å². The number of hydrogen-bond donors (Lipinski definition) is 2. The van der Waals surface area contributed by atoms with Crippen LogP contribution in [0.5, 0.6) is 11.5 Å². The lowest BCUT2D eigenvalue weighted by Crippen LogP contribution is -1.95. The van der Waals surface area contributed by atoms with Gasteiger partial charge in [-0.1, -0.05) is 6.07 Å². The number of rotatable bonds is 4. The normalized spacial score (nSPS) is 10.6. The van der Waals surface area contributed by atoms with Crippen molar-refractivity contribution in [3.63, 3.8) is 0 Å². The zero-order valence-electron chi connectivity index (χ0n) is 11.7. The summed E-state index contributed by atoms with van der Waals surface area (Å²) in [5, 5.41) is 3.08. The molecule has 1 aromatic heterocycles. The van der Waals surface area contributed by atoms with Crippen molar-refractivity contribution in [2.45, 2.75) is 0 Å². The molecule has 3 N–H and O–H groups in total. The number of nitrogens with zero attached hydrogens (tertiary/aromatic N) is 1. The van der Waals surface area contributed by atoms with Gasteiger partial charge < -0.3 is 24.9 Å². The number of benzene rings is 2. The van der Waals surface area contributed by atoms with E-state index >= 15 is 0 Å². The Balaban J connectivity index is 1.96. The van der Waals surface area contributed by atoms with Gasteiger partial charge >= 0.3 is 0 Å². The zero-order chi connectivity index (χ0) is 14.8. The summed E-state index contributed by atoms with van der Waals surface area (Å²) in [5.74, 6) is 1.34. The van der Waals surface area contributed by atoms with Crippen LogP contribution in [0.1, 0.15) is 0 Å². The van der Waals surface area contributed by atoms with E-state index in [1.54, 1.807) is 26.4 Å². The number of para-hydroxylation sites is 1. The first-order chi connectivity index (χ1) is 10.2. The molecule has 1 heterocycles. The highest BCUT2D eigenvalue weighted by atomic mass is 16.5. The van der Waals surface area contributed by atoms with Crippen LogP contribution in [0.3, 0.4) is 0 Å². The summed E-state index contributed by atoms with van der Waals surface area (Å²) in [6, 6.07) is 11.2. The lowest BCUT2D eigenvalue weighted by atomic mass is 10.2. The smallest absolute Gasteiger partial charge is 0.300 e. The van der Waals surface area contributed by atoms with Crippen LogP contribution in [0.4, 0.5) is 17.4 Å². The molecule has 0 atom stereocenters. The average molecular weight is 285 g/mol. The van der Waals surface area contributed by atoms with E-state index in [0.717, 1.165) is 5.69 Å². The van der Waals surface area contributed by atoms with Crippen molar-refractivity contribution in [3.05, 3.63) is 36.4 Å². The summed E-state index contributed by atoms with van der Waals surface area (Å²) >= 11 is 0. The minimum atomic E-state index is 0.353. The number of anilines is 3. The van der Waals surface area contributed by atoms with Gasteiger partial charge in [-0.15, -0.1) is 0 Å². The summed E-state index contributed by atoms with van der Waals surface area (Å²) < 4.78 is 16.1. The van der Waals surface area contributed by atoms with E-state index in [9.17, 15) is 0 Å². The van der Waals surface area contributed by atoms with Crippen LogP contribution in [0.15, 0.2) is 40.8 Å². The lowest BCUT2D eigenvalue weighted by Gasteiger charge is -2.09. The zero-order valence-corrected chi connectivity index (χ0v) is 11.7. The van der Waals surface area contributed by atoms with Crippen molar-refractivity contribution in [1.29, 1.82) is 0 Å². The number of methoxy groups -OCH3 is 2. The molecule has 0 spiro atoms. The van der Waals surface area contributed by atoms with Gasteiger partial charge in [0.05, 0.1) is 25.6 Å². The highest BCUT2D eigenvalue weighted by Gasteiger charge is 2.11. The third kappa shape index (κ3) is 2.43. The summed E-state index contributed by atoms with van der Waals surface area (Å²) in [7, 11) is 3.19. The van der Waals surface area contributed by atoms with Gasteiger partial charge in [-0.2, -0.15) is 4.98 Å². The molecule has 0 saturated heterocycles. The number of nitrogen functional groups attached to an aromatic ring is 1. The van der Waals surface area contributed by atoms with E-state index in [-0.39, 0.29) is 0 Å². The van der Waals surface area contributed by atoms with Crippen molar-refractivity contribution in [3.8, 4) is 11.5 Å². The molecule has 0 bridgehead atoms. The molecule has 6 nitrogen and oxygen atoms in total. The predicted molar refractivity (Wildman–Crippen MR) is 81.3 cm³/mol. The topological polar surface area (TPSA) is 82.5 Å². The van der Waals surface area contributed by atoms with E-state index in [4.69, 9.17) is 19.6 Å². The molecule has 0 aliphatic heterocycles. The highest BCUT2D eigenvalue weighted by Crippen LogP contribution is 2.32. The van der Waals surface area contributed by atoms with Gasteiger partial charge in [-0.3, -0.25) is 0 Å². The second-order valence-corrected chi connectivity index (χ2v) is 4.40. The van der Waals surface area contributed by atoms with Crippen LogP contribution in [0.25, 0.3) is 11.1 Å². The number of nitrogens with one attached hydrogen (secondary N) is 1. The maximum Gasteiger partial charge on any atom is 0.300 e. The number of ether oxygens (including phenoxy) is 2. The average Bonchev–Trinajstić information content (AvgIpc) is 2.91. The molecule has 0 fully saturated rings. The molecule has 0 amide bonds. The van der Waals surface area contributed by atoms with Crippen molar-refractivity contribution in [2.75, 3.05) is 25.3 Å². The first kappa shape index (κ1) is 13.1. The molecule has 21 heavy (non-hydrogen) atoms. The van der Waals surface area contributed by atoms with Crippen LogP contribution in [0.2, 0.25) is 0 Å². The summed E-state index contributed by atoms with van der Waals surface area (Å²) in [6.45, 7) is 0. The Bertz CT molecular complexity index is 783. The van der Waals surface area contributed by atoms with Crippen LogP contribution >= 0.6 is 0 Å². The SMILES string of the molecule is COc1ccc(Nc2nc3c(N)cccc3o2)c(OC)c1. The van der Waals surface area contributed by atoms with E-state index in [0.29, 0.717) is 34.3 Å². The highest BCUT2D eigenvalue weighted by molar-refractivity contribution is 5.86. The molecular weight excluding hydrogens is 270 g/mol. The number of fused-ring (bicyclic) bond motifs is 1. The standard InChI is InChI=1S/C15H15N3O3/c1-19-9-6-7-11(13(8-9)20-2)17-15-18-14-10(16)4-3-5-12(14)21-15/h3-8H,16H2,1-2H3,(H,17,18). The third-order valence-electron chi connectivity index (χ3n) is 3.10. The maximum atomic E-state index is 5.87. The van der Waals surface area contributed by atoms with Crippen molar-refractivity contribution >= 4 is 28.5 Å². The fourth-order valence-corrected chi connectivity index (χ4v) is 2.04. The Labute approximate surface area is 121 Å². The number of oxazole rings is 1. The van der Waals surface area contributed by atoms with E-state index in [1.807, 2.05) is 24.3 Å². The Morgan fingerprint density at radius 2 is 2.00 bits per heavy atom. The van der Waals surface area contributed by atoms with E-state index in [2.05, 4.69) is 10.3 Å². The number of hydrogen-bond acceptors (Lipinski definition) is 6. The third-order valence-corrected chi connectivity index (χ3v) is 3.10. The molecule has 0 aliphatic carbocycles. The summed E-state index contributed by atoms with van der Waals surface area (Å²) in [5.41, 5.74) is 8.43. The molecule has 2 aromatic carbocycles. The molecule has 6 heteroatoms. The molecule has 0 saturated carbocycles. The van der Waals surface area contributed by atoms with Gasteiger partial charge in [-0.05, 0) is 24.3 Å². The van der Waals surface area contributed by atoms with E-state index in [1.165, 1.54) is 0 Å². The van der Waals surface area contributed by atoms with E-state index < -0.39 is 0 Å². The monoisotopic (exact) mass is 285 g/mol. The first-order valence-corrected chi connectivity index (χ1v) is 6.35. The van der Waals surface area contributed by atoms with Crippen LogP contribution in [-0.2, 0) is 0 Å². The maximum absolute atomic E-state index is 5.87. The Kier molecular flexibility index (Phi) is 3.27. The van der Waals surface area contributed by atoms with Crippen LogP contribution in [-0.4, -0.2) is 19.2 Å². The summed E-state index contributed by atoms with van der Waals surface area (Å²) in [4.78, 5) is 4.34. The fourth-order valence-electron chi connectivity index (χ4n) is 2.04. The summed E-state index contributed by atoms with van der Waals surface area (Å²) in [6.07, 6.45) is 0.